The van der Waals surface area contributed by atoms with Gasteiger partial charge in [-0.3, -0.25) is 4.79 Å². The van der Waals surface area contributed by atoms with Crippen LogP contribution >= 0.6 is 0 Å². The highest BCUT2D eigenvalue weighted by molar-refractivity contribution is 5.69. The molecule has 0 heterocycles. The van der Waals surface area contributed by atoms with Crippen molar-refractivity contribution in [3.8, 4) is 17.2 Å². The molecule has 0 saturated carbocycles. The lowest BCUT2D eigenvalue weighted by Crippen LogP contribution is -2.03. The molecule has 3 heteroatoms. The second kappa shape index (κ2) is 7.99. The average molecular weight is 293 g/mol. The highest BCUT2D eigenvalue weighted by atomic mass is 16.5. The summed E-state index contributed by atoms with van der Waals surface area (Å²) < 4.78 is 5.23. The minimum Gasteiger partial charge on any atom is -0.461 e. The van der Waals surface area contributed by atoms with Gasteiger partial charge in [0, 0.05) is 6.42 Å². The zero-order valence-corrected chi connectivity index (χ0v) is 12.7. The van der Waals surface area contributed by atoms with Crippen LogP contribution in [0.25, 0.3) is 11.1 Å². The van der Waals surface area contributed by atoms with Crippen molar-refractivity contribution in [3.05, 3.63) is 59.7 Å². The minimum absolute atomic E-state index is 0.146. The van der Waals surface area contributed by atoms with Gasteiger partial charge in [0.15, 0.2) is 0 Å². The summed E-state index contributed by atoms with van der Waals surface area (Å²) in [6, 6.07) is 17.5. The molecule has 0 amide bonds. The SMILES string of the molecule is CCCCC(=O)OCc1ccc(-c2cccc(C#N)c2)cc1. The Hall–Kier alpha value is -2.60. The molecule has 2 aromatic carbocycles. The normalized spacial score (nSPS) is 10.0. The molecule has 2 aromatic rings. The van der Waals surface area contributed by atoms with Crippen LogP contribution in [-0.2, 0) is 16.1 Å². The smallest absolute Gasteiger partial charge is 0.306 e. The van der Waals surface area contributed by atoms with Gasteiger partial charge in [0.1, 0.15) is 6.61 Å². The van der Waals surface area contributed by atoms with E-state index < -0.39 is 0 Å². The van der Waals surface area contributed by atoms with E-state index in [1.54, 1.807) is 6.07 Å². The van der Waals surface area contributed by atoms with Gasteiger partial charge < -0.3 is 4.74 Å². The molecule has 0 unspecified atom stereocenters. The first kappa shape index (κ1) is 15.8. The number of rotatable bonds is 6. The number of esters is 1. The number of unbranched alkanes of at least 4 members (excludes halogenated alkanes) is 1. The Kier molecular flexibility index (Phi) is 5.73. The molecule has 0 aromatic heterocycles. The number of ether oxygens (including phenoxy) is 1. The van der Waals surface area contributed by atoms with Gasteiger partial charge in [-0.2, -0.15) is 5.26 Å². The molecular formula is C19H19NO2. The van der Waals surface area contributed by atoms with E-state index >= 15 is 0 Å². The van der Waals surface area contributed by atoms with Crippen LogP contribution in [-0.4, -0.2) is 5.97 Å². The van der Waals surface area contributed by atoms with E-state index in [0.29, 0.717) is 18.6 Å². The first-order valence-corrected chi connectivity index (χ1v) is 7.48. The van der Waals surface area contributed by atoms with Gasteiger partial charge in [0.25, 0.3) is 0 Å². The Morgan fingerprint density at radius 2 is 1.91 bits per heavy atom. The van der Waals surface area contributed by atoms with Gasteiger partial charge >= 0.3 is 5.97 Å². The summed E-state index contributed by atoms with van der Waals surface area (Å²) in [6.45, 7) is 2.36. The quantitative estimate of drug-likeness (QED) is 0.739. The Morgan fingerprint density at radius 3 is 2.59 bits per heavy atom. The number of nitriles is 1. The van der Waals surface area contributed by atoms with Crippen molar-refractivity contribution in [2.75, 3.05) is 0 Å². The molecule has 22 heavy (non-hydrogen) atoms. The Bertz CT molecular complexity index is 669. The van der Waals surface area contributed by atoms with Crippen molar-refractivity contribution in [2.45, 2.75) is 32.8 Å². The molecule has 0 fully saturated rings. The molecule has 112 valence electrons. The number of nitrogens with zero attached hydrogens (tertiary/aromatic N) is 1. The van der Waals surface area contributed by atoms with E-state index in [0.717, 1.165) is 29.5 Å². The van der Waals surface area contributed by atoms with Crippen LogP contribution in [0.5, 0.6) is 0 Å². The topological polar surface area (TPSA) is 50.1 Å². The summed E-state index contributed by atoms with van der Waals surface area (Å²) in [6.07, 6.45) is 2.34. The van der Waals surface area contributed by atoms with Crippen molar-refractivity contribution in [2.24, 2.45) is 0 Å². The van der Waals surface area contributed by atoms with E-state index in [9.17, 15) is 4.79 Å². The Balaban J connectivity index is 1.98. The summed E-state index contributed by atoms with van der Waals surface area (Å²) in [5.74, 6) is -0.146. The van der Waals surface area contributed by atoms with E-state index in [4.69, 9.17) is 10.00 Å². The number of benzene rings is 2. The van der Waals surface area contributed by atoms with E-state index in [1.165, 1.54) is 0 Å². The Labute approximate surface area is 131 Å². The third kappa shape index (κ3) is 4.46. The van der Waals surface area contributed by atoms with Gasteiger partial charge in [0.2, 0.25) is 0 Å². The number of hydrogen-bond donors (Lipinski definition) is 0. The van der Waals surface area contributed by atoms with E-state index in [2.05, 4.69) is 6.07 Å². The minimum atomic E-state index is -0.146. The van der Waals surface area contributed by atoms with Crippen LogP contribution in [0.15, 0.2) is 48.5 Å². The zero-order chi connectivity index (χ0) is 15.8. The molecule has 0 N–H and O–H groups in total. The second-order valence-corrected chi connectivity index (χ2v) is 5.15. The summed E-state index contributed by atoms with van der Waals surface area (Å²) in [5, 5.41) is 8.94. The maximum absolute atomic E-state index is 11.5. The monoisotopic (exact) mass is 293 g/mol. The largest absolute Gasteiger partial charge is 0.461 e. The molecule has 2 rings (SSSR count). The van der Waals surface area contributed by atoms with Crippen LogP contribution < -0.4 is 0 Å². The fraction of sp³-hybridized carbons (Fsp3) is 0.263. The van der Waals surface area contributed by atoms with Crippen molar-refractivity contribution >= 4 is 5.97 Å². The fourth-order valence-electron chi connectivity index (χ4n) is 2.12. The second-order valence-electron chi connectivity index (χ2n) is 5.15. The van der Waals surface area contributed by atoms with Crippen LogP contribution in [0.4, 0.5) is 0 Å². The summed E-state index contributed by atoms with van der Waals surface area (Å²) in [4.78, 5) is 11.5. The van der Waals surface area contributed by atoms with Crippen LogP contribution in [0.2, 0.25) is 0 Å². The van der Waals surface area contributed by atoms with Crippen molar-refractivity contribution in [3.63, 3.8) is 0 Å². The maximum Gasteiger partial charge on any atom is 0.306 e. The highest BCUT2D eigenvalue weighted by Gasteiger charge is 2.03. The van der Waals surface area contributed by atoms with Gasteiger partial charge in [0.05, 0.1) is 11.6 Å². The van der Waals surface area contributed by atoms with Crippen molar-refractivity contribution in [1.29, 1.82) is 5.26 Å². The first-order valence-electron chi connectivity index (χ1n) is 7.48. The molecule has 0 aliphatic heterocycles. The molecule has 3 nitrogen and oxygen atoms in total. The summed E-state index contributed by atoms with van der Waals surface area (Å²) in [5.41, 5.74) is 3.65. The predicted molar refractivity (Wildman–Crippen MR) is 85.9 cm³/mol. The van der Waals surface area contributed by atoms with Gasteiger partial charge in [-0.1, -0.05) is 49.7 Å². The third-order valence-corrected chi connectivity index (χ3v) is 3.41. The fourth-order valence-corrected chi connectivity index (χ4v) is 2.12. The van der Waals surface area contributed by atoms with E-state index in [1.807, 2.05) is 49.4 Å². The number of carbonyl (C=O) groups is 1. The summed E-state index contributed by atoms with van der Waals surface area (Å²) >= 11 is 0. The maximum atomic E-state index is 11.5. The van der Waals surface area contributed by atoms with Gasteiger partial charge in [-0.25, -0.2) is 0 Å². The zero-order valence-electron chi connectivity index (χ0n) is 12.7. The molecule has 0 aliphatic carbocycles. The van der Waals surface area contributed by atoms with E-state index in [-0.39, 0.29) is 5.97 Å². The lowest BCUT2D eigenvalue weighted by Gasteiger charge is -2.06. The highest BCUT2D eigenvalue weighted by Crippen LogP contribution is 2.21. The molecule has 0 aliphatic rings. The van der Waals surface area contributed by atoms with Crippen molar-refractivity contribution < 1.29 is 9.53 Å². The third-order valence-electron chi connectivity index (χ3n) is 3.41. The predicted octanol–water partition coefficient (Wildman–Crippen LogP) is 4.46. The molecule has 0 saturated heterocycles. The standard InChI is InChI=1S/C19H19NO2/c1-2-3-7-19(21)22-14-15-8-10-17(11-9-15)18-6-4-5-16(12-18)13-20/h4-6,8-12H,2-3,7,14H2,1H3. The molecular weight excluding hydrogens is 274 g/mol. The average Bonchev–Trinajstić information content (AvgIpc) is 2.58. The van der Waals surface area contributed by atoms with Gasteiger partial charge in [-0.15, -0.1) is 0 Å². The number of hydrogen-bond acceptors (Lipinski definition) is 3. The van der Waals surface area contributed by atoms with Gasteiger partial charge in [-0.05, 0) is 35.2 Å². The van der Waals surface area contributed by atoms with Crippen LogP contribution in [0.1, 0.15) is 37.3 Å². The van der Waals surface area contributed by atoms with Crippen molar-refractivity contribution in [1.82, 2.24) is 0 Å². The molecule has 0 spiro atoms. The summed E-state index contributed by atoms with van der Waals surface area (Å²) in [7, 11) is 0. The molecule has 0 bridgehead atoms. The molecule has 0 atom stereocenters. The number of carbonyl (C=O) groups excluding carboxylic acids is 1. The lowest BCUT2D eigenvalue weighted by atomic mass is 10.0. The lowest BCUT2D eigenvalue weighted by molar-refractivity contribution is -0.145. The molecule has 0 radical (unpaired) electrons. The first-order chi connectivity index (χ1) is 10.7. The van der Waals surface area contributed by atoms with Crippen LogP contribution in [0, 0.1) is 11.3 Å². The van der Waals surface area contributed by atoms with Crippen LogP contribution in [0.3, 0.4) is 0 Å². The Morgan fingerprint density at radius 1 is 1.14 bits per heavy atom.